The standard InChI is InChI=1S/C16H21N3O3/c1-11(2)9-21-10-14(15-5-4-8-22-15)19-16(20)13-6-7-17-12(3)18-13/h4-8,11,14H,9-10H2,1-3H3,(H,19,20)/t14-/m0/s1. The molecular formula is C16H21N3O3. The van der Waals surface area contributed by atoms with E-state index < -0.39 is 0 Å². The third-order valence-corrected chi connectivity index (χ3v) is 2.94. The number of nitrogens with one attached hydrogen (secondary N) is 1. The molecule has 2 aromatic heterocycles. The van der Waals surface area contributed by atoms with Gasteiger partial charge in [0.25, 0.3) is 5.91 Å². The fourth-order valence-electron chi connectivity index (χ4n) is 1.92. The van der Waals surface area contributed by atoms with Crippen molar-refractivity contribution in [1.29, 1.82) is 0 Å². The van der Waals surface area contributed by atoms with Crippen LogP contribution in [0.3, 0.4) is 0 Å². The van der Waals surface area contributed by atoms with Crippen molar-refractivity contribution < 1.29 is 13.9 Å². The summed E-state index contributed by atoms with van der Waals surface area (Å²) in [6.07, 6.45) is 3.14. The summed E-state index contributed by atoms with van der Waals surface area (Å²) >= 11 is 0. The van der Waals surface area contributed by atoms with E-state index in [4.69, 9.17) is 9.15 Å². The molecule has 1 atom stereocenters. The lowest BCUT2D eigenvalue weighted by molar-refractivity contribution is 0.0727. The molecule has 0 aliphatic heterocycles. The van der Waals surface area contributed by atoms with Gasteiger partial charge < -0.3 is 14.5 Å². The van der Waals surface area contributed by atoms with Crippen molar-refractivity contribution in [2.75, 3.05) is 13.2 Å². The highest BCUT2D eigenvalue weighted by atomic mass is 16.5. The summed E-state index contributed by atoms with van der Waals surface area (Å²) in [5.74, 6) is 1.36. The lowest BCUT2D eigenvalue weighted by Gasteiger charge is -2.17. The van der Waals surface area contributed by atoms with Crippen LogP contribution in [0.1, 0.15) is 42.0 Å². The van der Waals surface area contributed by atoms with Crippen LogP contribution in [0.5, 0.6) is 0 Å². The number of furan rings is 1. The first kappa shape index (κ1) is 16.2. The van der Waals surface area contributed by atoms with Crippen molar-refractivity contribution in [2.45, 2.75) is 26.8 Å². The molecule has 0 radical (unpaired) electrons. The molecule has 22 heavy (non-hydrogen) atoms. The topological polar surface area (TPSA) is 77.2 Å². The first-order valence-electron chi connectivity index (χ1n) is 7.28. The molecule has 2 aromatic rings. The van der Waals surface area contributed by atoms with Gasteiger partial charge in [0.1, 0.15) is 23.3 Å². The summed E-state index contributed by atoms with van der Waals surface area (Å²) in [5.41, 5.74) is 0.327. The smallest absolute Gasteiger partial charge is 0.270 e. The van der Waals surface area contributed by atoms with E-state index in [0.29, 0.717) is 36.4 Å². The molecule has 2 heterocycles. The Morgan fingerprint density at radius 1 is 1.36 bits per heavy atom. The molecule has 0 aliphatic rings. The summed E-state index contributed by atoms with van der Waals surface area (Å²) in [6, 6.07) is 4.83. The predicted molar refractivity (Wildman–Crippen MR) is 81.3 cm³/mol. The lowest BCUT2D eigenvalue weighted by Crippen LogP contribution is -2.32. The second-order valence-electron chi connectivity index (χ2n) is 5.46. The number of amides is 1. The Kier molecular flexibility index (Phi) is 5.66. The molecular weight excluding hydrogens is 282 g/mol. The van der Waals surface area contributed by atoms with Crippen LogP contribution in [0.15, 0.2) is 35.1 Å². The minimum Gasteiger partial charge on any atom is -0.467 e. The molecule has 6 nitrogen and oxygen atoms in total. The van der Waals surface area contributed by atoms with Crippen LogP contribution in [0.4, 0.5) is 0 Å². The monoisotopic (exact) mass is 303 g/mol. The zero-order valence-corrected chi connectivity index (χ0v) is 13.1. The Bertz CT molecular complexity index is 596. The van der Waals surface area contributed by atoms with E-state index in [2.05, 4.69) is 29.1 Å². The van der Waals surface area contributed by atoms with Crippen LogP contribution >= 0.6 is 0 Å². The van der Waals surface area contributed by atoms with E-state index in [1.165, 1.54) is 0 Å². The Balaban J connectivity index is 2.04. The molecule has 0 fully saturated rings. The number of ether oxygens (including phenoxy) is 1. The lowest BCUT2D eigenvalue weighted by atomic mass is 10.2. The Morgan fingerprint density at radius 2 is 2.18 bits per heavy atom. The van der Waals surface area contributed by atoms with Gasteiger partial charge in [0.15, 0.2) is 0 Å². The van der Waals surface area contributed by atoms with Crippen molar-refractivity contribution in [1.82, 2.24) is 15.3 Å². The average molecular weight is 303 g/mol. The highest BCUT2D eigenvalue weighted by Crippen LogP contribution is 2.15. The number of nitrogens with zero attached hydrogens (tertiary/aromatic N) is 2. The number of carbonyl (C=O) groups is 1. The van der Waals surface area contributed by atoms with E-state index in [-0.39, 0.29) is 11.9 Å². The zero-order chi connectivity index (χ0) is 15.9. The van der Waals surface area contributed by atoms with Crippen molar-refractivity contribution in [3.05, 3.63) is 47.9 Å². The van der Waals surface area contributed by atoms with E-state index >= 15 is 0 Å². The minimum atomic E-state index is -0.350. The van der Waals surface area contributed by atoms with Crippen LogP contribution in [0.2, 0.25) is 0 Å². The maximum atomic E-state index is 12.3. The molecule has 0 aliphatic carbocycles. The van der Waals surface area contributed by atoms with Crippen molar-refractivity contribution >= 4 is 5.91 Å². The number of aryl methyl sites for hydroxylation is 1. The highest BCUT2D eigenvalue weighted by molar-refractivity contribution is 5.92. The third kappa shape index (κ3) is 4.66. The second-order valence-corrected chi connectivity index (χ2v) is 5.46. The number of hydrogen-bond acceptors (Lipinski definition) is 5. The summed E-state index contributed by atoms with van der Waals surface area (Å²) in [5, 5.41) is 2.89. The van der Waals surface area contributed by atoms with E-state index in [0.717, 1.165) is 0 Å². The van der Waals surface area contributed by atoms with Gasteiger partial charge in [-0.15, -0.1) is 0 Å². The van der Waals surface area contributed by atoms with Crippen LogP contribution in [-0.2, 0) is 4.74 Å². The van der Waals surface area contributed by atoms with Crippen molar-refractivity contribution in [2.24, 2.45) is 5.92 Å². The van der Waals surface area contributed by atoms with E-state index in [1.54, 1.807) is 31.5 Å². The number of rotatable bonds is 7. The molecule has 1 amide bonds. The molecule has 0 bridgehead atoms. The molecule has 0 unspecified atom stereocenters. The van der Waals surface area contributed by atoms with Gasteiger partial charge in [-0.1, -0.05) is 13.8 Å². The van der Waals surface area contributed by atoms with Gasteiger partial charge in [-0.05, 0) is 31.0 Å². The molecule has 0 saturated heterocycles. The Morgan fingerprint density at radius 3 is 2.82 bits per heavy atom. The molecule has 0 saturated carbocycles. The summed E-state index contributed by atoms with van der Waals surface area (Å²) in [4.78, 5) is 20.4. The predicted octanol–water partition coefficient (Wildman–Crippen LogP) is 2.52. The average Bonchev–Trinajstić information content (AvgIpc) is 3.00. The van der Waals surface area contributed by atoms with Crippen LogP contribution in [0, 0.1) is 12.8 Å². The third-order valence-electron chi connectivity index (χ3n) is 2.94. The number of aromatic nitrogens is 2. The fraction of sp³-hybridized carbons (Fsp3) is 0.438. The first-order chi connectivity index (χ1) is 10.6. The SMILES string of the molecule is Cc1nccc(C(=O)N[C@@H](COCC(C)C)c2ccco2)n1. The maximum absolute atomic E-state index is 12.3. The van der Waals surface area contributed by atoms with Gasteiger partial charge in [-0.3, -0.25) is 4.79 Å². The normalized spacial score (nSPS) is 12.4. The molecule has 0 spiro atoms. The van der Waals surface area contributed by atoms with Crippen LogP contribution in [-0.4, -0.2) is 29.1 Å². The van der Waals surface area contributed by atoms with Gasteiger partial charge in [0.05, 0.1) is 12.9 Å². The molecule has 118 valence electrons. The molecule has 0 aromatic carbocycles. The Labute approximate surface area is 129 Å². The zero-order valence-electron chi connectivity index (χ0n) is 13.1. The van der Waals surface area contributed by atoms with Gasteiger partial charge >= 0.3 is 0 Å². The summed E-state index contributed by atoms with van der Waals surface area (Å²) in [6.45, 7) is 6.86. The van der Waals surface area contributed by atoms with E-state index in [9.17, 15) is 4.79 Å². The molecule has 6 heteroatoms. The fourth-order valence-corrected chi connectivity index (χ4v) is 1.92. The second kappa shape index (κ2) is 7.70. The highest BCUT2D eigenvalue weighted by Gasteiger charge is 2.19. The molecule has 1 N–H and O–H groups in total. The van der Waals surface area contributed by atoms with Gasteiger partial charge in [0, 0.05) is 12.8 Å². The Hall–Kier alpha value is -2.21. The number of hydrogen-bond donors (Lipinski definition) is 1. The van der Waals surface area contributed by atoms with Crippen molar-refractivity contribution in [3.63, 3.8) is 0 Å². The summed E-state index contributed by atoms with van der Waals surface area (Å²) in [7, 11) is 0. The number of carbonyl (C=O) groups excluding carboxylic acids is 1. The minimum absolute atomic E-state index is 0.278. The van der Waals surface area contributed by atoms with Crippen LogP contribution in [0.25, 0.3) is 0 Å². The van der Waals surface area contributed by atoms with Gasteiger partial charge in [-0.2, -0.15) is 0 Å². The largest absolute Gasteiger partial charge is 0.467 e. The van der Waals surface area contributed by atoms with Gasteiger partial charge in [0.2, 0.25) is 0 Å². The van der Waals surface area contributed by atoms with Crippen LogP contribution < -0.4 is 5.32 Å². The van der Waals surface area contributed by atoms with E-state index in [1.807, 2.05) is 6.07 Å². The molecule has 2 rings (SSSR count). The maximum Gasteiger partial charge on any atom is 0.270 e. The summed E-state index contributed by atoms with van der Waals surface area (Å²) < 4.78 is 11.0. The first-order valence-corrected chi connectivity index (χ1v) is 7.28. The van der Waals surface area contributed by atoms with Gasteiger partial charge in [-0.25, -0.2) is 9.97 Å². The van der Waals surface area contributed by atoms with Crippen molar-refractivity contribution in [3.8, 4) is 0 Å². The quantitative estimate of drug-likeness (QED) is 0.850.